The molecule has 1 aromatic heterocycles. The van der Waals surface area contributed by atoms with Gasteiger partial charge in [-0.05, 0) is 41.3 Å². The maximum absolute atomic E-state index is 12.9. The minimum atomic E-state index is -0.636. The van der Waals surface area contributed by atoms with Gasteiger partial charge in [0.1, 0.15) is 5.52 Å². The van der Waals surface area contributed by atoms with Crippen LogP contribution in [-0.2, 0) is 6.54 Å². The van der Waals surface area contributed by atoms with E-state index in [1.807, 2.05) is 18.2 Å². The number of unbranched alkanes of at least 4 members (excludes halogenated alkanes) is 7. The maximum Gasteiger partial charge on any atom is 0.428 e. The summed E-state index contributed by atoms with van der Waals surface area (Å²) in [5, 5.41) is 2.92. The van der Waals surface area contributed by atoms with E-state index in [4.69, 9.17) is 4.42 Å². The Hall–Kier alpha value is -3.84. The number of carbonyl (C=O) groups excluding carboxylic acids is 1. The van der Waals surface area contributed by atoms with Crippen molar-refractivity contribution in [2.24, 2.45) is 0 Å². The molecule has 0 saturated carbocycles. The second-order valence-corrected chi connectivity index (χ2v) is 11.4. The number of fused-ring (bicyclic) bond motifs is 1. The van der Waals surface area contributed by atoms with Gasteiger partial charge in [-0.15, -0.1) is 0 Å². The predicted molar refractivity (Wildman–Crippen MR) is 171 cm³/mol. The summed E-state index contributed by atoms with van der Waals surface area (Å²) in [5.41, 5.74) is 5.63. The molecule has 3 aromatic carbocycles. The molecule has 0 unspecified atom stereocenters. The zero-order valence-corrected chi connectivity index (χ0v) is 24.9. The number of para-hydroxylation sites is 1. The minimum Gasteiger partial charge on any atom is -0.405 e. The molecule has 1 N–H and O–H groups in total. The summed E-state index contributed by atoms with van der Waals surface area (Å²) in [4.78, 5) is 30.4. The Bertz CT molecular complexity index is 1490. The molecule has 0 bridgehead atoms. The maximum atomic E-state index is 12.9. The average Bonchev–Trinajstić information content (AvgIpc) is 3.37. The van der Waals surface area contributed by atoms with Gasteiger partial charge in [0.25, 0.3) is 0 Å². The van der Waals surface area contributed by atoms with Gasteiger partial charge < -0.3 is 14.6 Å². The van der Waals surface area contributed by atoms with Crippen molar-refractivity contribution in [2.45, 2.75) is 64.8 Å². The van der Waals surface area contributed by atoms with E-state index in [2.05, 4.69) is 70.6 Å². The van der Waals surface area contributed by atoms with Gasteiger partial charge in [0.05, 0.1) is 5.69 Å². The highest BCUT2D eigenvalue weighted by atomic mass is 16.4. The van der Waals surface area contributed by atoms with Crippen LogP contribution in [0.4, 0.5) is 10.5 Å². The number of carbonyl (C=O) groups is 1. The monoisotopic (exact) mass is 568 g/mol. The van der Waals surface area contributed by atoms with Crippen molar-refractivity contribution in [1.82, 2.24) is 14.8 Å². The molecule has 4 aromatic rings. The smallest absolute Gasteiger partial charge is 0.405 e. The molecule has 0 spiro atoms. The quantitative estimate of drug-likeness (QED) is 0.172. The molecule has 0 radical (unpaired) electrons. The van der Waals surface area contributed by atoms with E-state index in [-0.39, 0.29) is 0 Å². The summed E-state index contributed by atoms with van der Waals surface area (Å²) >= 11 is 0. The lowest BCUT2D eigenvalue weighted by Gasteiger charge is -2.36. The summed E-state index contributed by atoms with van der Waals surface area (Å²) in [6, 6.07) is 24.5. The van der Waals surface area contributed by atoms with Gasteiger partial charge in [-0.2, -0.15) is 4.57 Å². The summed E-state index contributed by atoms with van der Waals surface area (Å²) < 4.78 is 6.80. The Kier molecular flexibility index (Phi) is 10.5. The number of rotatable bonds is 13. The molecule has 7 heteroatoms. The number of amides is 1. The zero-order valence-electron chi connectivity index (χ0n) is 24.9. The van der Waals surface area contributed by atoms with Crippen LogP contribution in [0.5, 0.6) is 0 Å². The van der Waals surface area contributed by atoms with Crippen molar-refractivity contribution in [3.05, 3.63) is 88.9 Å². The van der Waals surface area contributed by atoms with Crippen LogP contribution in [0.25, 0.3) is 22.2 Å². The van der Waals surface area contributed by atoms with Gasteiger partial charge in [0.15, 0.2) is 5.58 Å². The van der Waals surface area contributed by atoms with E-state index in [1.165, 1.54) is 55.2 Å². The molecule has 1 aliphatic heterocycles. The number of hydrogen-bond acceptors (Lipinski definition) is 5. The molecule has 222 valence electrons. The second kappa shape index (κ2) is 14.9. The lowest BCUT2D eigenvalue weighted by molar-refractivity contribution is 0.241. The Labute approximate surface area is 249 Å². The van der Waals surface area contributed by atoms with Crippen molar-refractivity contribution in [3.63, 3.8) is 0 Å². The number of nitrogens with one attached hydrogen (secondary N) is 1. The number of oxazole rings is 1. The fourth-order valence-electron chi connectivity index (χ4n) is 5.88. The Morgan fingerprint density at radius 1 is 0.786 bits per heavy atom. The molecule has 2 heterocycles. The molecule has 7 nitrogen and oxygen atoms in total. The van der Waals surface area contributed by atoms with Gasteiger partial charge in [0, 0.05) is 39.3 Å². The molecular formula is C35H44N4O3. The predicted octanol–water partition coefficient (Wildman–Crippen LogP) is 7.28. The van der Waals surface area contributed by atoms with Crippen LogP contribution < -0.4 is 16.0 Å². The number of hydrogen-bond donors (Lipinski definition) is 1. The second-order valence-electron chi connectivity index (χ2n) is 11.4. The first-order valence-corrected chi connectivity index (χ1v) is 15.7. The van der Waals surface area contributed by atoms with E-state index in [9.17, 15) is 9.59 Å². The summed E-state index contributed by atoms with van der Waals surface area (Å²) in [7, 11) is 0. The SMILES string of the molecule is CCCCCCCCCCNC(=O)n1c(=O)oc2c(N3CCN(Cc4cccc(-c5ccccc5)c4)CC3)cccc21. The molecule has 1 amide bonds. The van der Waals surface area contributed by atoms with Crippen molar-refractivity contribution in [1.29, 1.82) is 0 Å². The van der Waals surface area contributed by atoms with Crippen molar-refractivity contribution in [2.75, 3.05) is 37.6 Å². The van der Waals surface area contributed by atoms with E-state index in [0.717, 1.165) is 55.8 Å². The molecular weight excluding hydrogens is 524 g/mol. The van der Waals surface area contributed by atoms with E-state index in [0.29, 0.717) is 17.6 Å². The van der Waals surface area contributed by atoms with Crippen LogP contribution in [0.1, 0.15) is 63.9 Å². The number of anilines is 1. The van der Waals surface area contributed by atoms with Crippen LogP contribution >= 0.6 is 0 Å². The highest BCUT2D eigenvalue weighted by Gasteiger charge is 2.23. The van der Waals surface area contributed by atoms with Gasteiger partial charge in [0.2, 0.25) is 0 Å². The standard InChI is InChI=1S/C35H44N4O3/c1-2-3-4-5-6-7-8-12-21-36-34(40)39-32-20-14-19-31(33(32)42-35(39)41)38-24-22-37(23-25-38)27-28-15-13-18-30(26-28)29-16-10-9-11-17-29/h9-11,13-20,26H,2-8,12,21-25,27H2,1H3,(H,36,40). The summed E-state index contributed by atoms with van der Waals surface area (Å²) in [6.45, 7) is 7.11. The average molecular weight is 569 g/mol. The largest absolute Gasteiger partial charge is 0.428 e. The van der Waals surface area contributed by atoms with Crippen molar-refractivity contribution in [3.8, 4) is 11.1 Å². The van der Waals surface area contributed by atoms with Gasteiger partial charge in [-0.25, -0.2) is 9.59 Å². The fraction of sp³-hybridized carbons (Fsp3) is 0.429. The molecule has 1 aliphatic rings. The highest BCUT2D eigenvalue weighted by Crippen LogP contribution is 2.28. The van der Waals surface area contributed by atoms with E-state index < -0.39 is 11.8 Å². The number of piperazine rings is 1. The third kappa shape index (κ3) is 7.51. The van der Waals surface area contributed by atoms with Crippen LogP contribution in [0.15, 0.2) is 82.0 Å². The Morgan fingerprint density at radius 3 is 2.24 bits per heavy atom. The topological polar surface area (TPSA) is 70.7 Å². The third-order valence-electron chi connectivity index (χ3n) is 8.25. The lowest BCUT2D eigenvalue weighted by atomic mass is 10.0. The molecule has 1 fully saturated rings. The first kappa shape index (κ1) is 29.6. The van der Waals surface area contributed by atoms with Crippen LogP contribution in [-0.4, -0.2) is 48.2 Å². The van der Waals surface area contributed by atoms with Gasteiger partial charge in [-0.3, -0.25) is 4.90 Å². The molecule has 0 aliphatic carbocycles. The third-order valence-corrected chi connectivity index (χ3v) is 8.25. The zero-order chi connectivity index (χ0) is 29.1. The highest BCUT2D eigenvalue weighted by molar-refractivity contribution is 5.94. The number of benzene rings is 3. The normalized spacial score (nSPS) is 14.0. The molecule has 42 heavy (non-hydrogen) atoms. The van der Waals surface area contributed by atoms with Crippen molar-refractivity contribution >= 4 is 22.8 Å². The van der Waals surface area contributed by atoms with Gasteiger partial charge in [-0.1, -0.05) is 106 Å². The minimum absolute atomic E-state index is 0.415. The van der Waals surface area contributed by atoms with E-state index >= 15 is 0 Å². The number of nitrogens with zero attached hydrogens (tertiary/aromatic N) is 3. The Balaban J connectivity index is 1.15. The molecule has 0 atom stereocenters. The first-order valence-electron chi connectivity index (χ1n) is 15.7. The molecule has 1 saturated heterocycles. The van der Waals surface area contributed by atoms with Gasteiger partial charge >= 0.3 is 11.8 Å². The van der Waals surface area contributed by atoms with Crippen LogP contribution in [0.2, 0.25) is 0 Å². The Morgan fingerprint density at radius 2 is 1.48 bits per heavy atom. The van der Waals surface area contributed by atoms with Crippen LogP contribution in [0, 0.1) is 0 Å². The summed E-state index contributed by atoms with van der Waals surface area (Å²) in [6.07, 6.45) is 9.60. The van der Waals surface area contributed by atoms with Crippen molar-refractivity contribution < 1.29 is 9.21 Å². The fourth-order valence-corrected chi connectivity index (χ4v) is 5.88. The van der Waals surface area contributed by atoms with Crippen LogP contribution in [0.3, 0.4) is 0 Å². The molecule has 5 rings (SSSR count). The first-order chi connectivity index (χ1) is 20.6. The lowest BCUT2D eigenvalue weighted by Crippen LogP contribution is -2.46. The van der Waals surface area contributed by atoms with E-state index in [1.54, 1.807) is 6.07 Å². The summed E-state index contributed by atoms with van der Waals surface area (Å²) in [5.74, 6) is -0.636. The number of aromatic nitrogens is 1.